The van der Waals surface area contributed by atoms with Crippen molar-refractivity contribution in [3.63, 3.8) is 0 Å². The van der Waals surface area contributed by atoms with Gasteiger partial charge in [0.25, 0.3) is 0 Å². The maximum atomic E-state index is 11.4. The second kappa shape index (κ2) is 7.13. The highest BCUT2D eigenvalue weighted by Crippen LogP contribution is 2.29. The summed E-state index contributed by atoms with van der Waals surface area (Å²) in [5.41, 5.74) is 0.688. The van der Waals surface area contributed by atoms with Crippen molar-refractivity contribution < 1.29 is 13.2 Å². The zero-order valence-corrected chi connectivity index (χ0v) is 13.3. The van der Waals surface area contributed by atoms with E-state index in [1.54, 1.807) is 19.2 Å². The van der Waals surface area contributed by atoms with Gasteiger partial charge in [-0.05, 0) is 37.0 Å². The number of benzene rings is 1. The van der Waals surface area contributed by atoms with E-state index in [0.29, 0.717) is 17.4 Å². The maximum absolute atomic E-state index is 11.4. The molecule has 1 saturated carbocycles. The van der Waals surface area contributed by atoms with Gasteiger partial charge in [-0.2, -0.15) is 0 Å². The van der Waals surface area contributed by atoms with E-state index in [1.807, 2.05) is 0 Å². The minimum Gasteiger partial charge on any atom is -0.495 e. The average molecular weight is 312 g/mol. The summed E-state index contributed by atoms with van der Waals surface area (Å²) in [6, 6.07) is 4.64. The number of nitrogens with one attached hydrogen (secondary N) is 1. The molecule has 1 aliphatic carbocycles. The fourth-order valence-corrected chi connectivity index (χ4v) is 3.36. The SMILES string of the molecule is COc1ccc(S(N)(=O)=O)cc1NCC1CCCCCC1. The normalized spacial score (nSPS) is 17.2. The number of nitrogens with two attached hydrogens (primary N) is 1. The molecule has 118 valence electrons. The number of rotatable bonds is 5. The van der Waals surface area contributed by atoms with Crippen molar-refractivity contribution in [3.8, 4) is 5.75 Å². The highest BCUT2D eigenvalue weighted by atomic mass is 32.2. The molecule has 0 radical (unpaired) electrons. The number of methoxy groups -OCH3 is 1. The fraction of sp³-hybridized carbons (Fsp3) is 0.600. The minimum absolute atomic E-state index is 0.103. The zero-order valence-electron chi connectivity index (χ0n) is 12.5. The van der Waals surface area contributed by atoms with Crippen LogP contribution in [0.3, 0.4) is 0 Å². The Hall–Kier alpha value is -1.27. The van der Waals surface area contributed by atoms with E-state index >= 15 is 0 Å². The molecule has 0 spiro atoms. The van der Waals surface area contributed by atoms with E-state index in [1.165, 1.54) is 44.6 Å². The first-order valence-corrected chi connectivity index (χ1v) is 9.00. The summed E-state index contributed by atoms with van der Waals surface area (Å²) in [7, 11) is -2.12. The van der Waals surface area contributed by atoms with Gasteiger partial charge in [-0.15, -0.1) is 0 Å². The van der Waals surface area contributed by atoms with Crippen LogP contribution in [0.2, 0.25) is 0 Å². The molecule has 5 nitrogen and oxygen atoms in total. The quantitative estimate of drug-likeness (QED) is 0.819. The molecule has 1 fully saturated rings. The Kier molecular flexibility index (Phi) is 5.47. The second-order valence-corrected chi connectivity index (χ2v) is 7.21. The Labute approximate surface area is 126 Å². The lowest BCUT2D eigenvalue weighted by molar-refractivity contribution is 0.415. The minimum atomic E-state index is -3.69. The van der Waals surface area contributed by atoms with E-state index in [9.17, 15) is 8.42 Å². The van der Waals surface area contributed by atoms with Crippen LogP contribution in [-0.2, 0) is 10.0 Å². The predicted molar refractivity (Wildman–Crippen MR) is 84.0 cm³/mol. The van der Waals surface area contributed by atoms with Crippen LogP contribution in [0.5, 0.6) is 5.75 Å². The molecular formula is C15H24N2O3S. The summed E-state index contributed by atoms with van der Waals surface area (Å²) >= 11 is 0. The van der Waals surface area contributed by atoms with Crippen LogP contribution in [-0.4, -0.2) is 22.1 Å². The molecule has 0 heterocycles. The molecule has 1 aromatic rings. The average Bonchev–Trinajstić information content (AvgIpc) is 2.72. The molecule has 0 unspecified atom stereocenters. The standard InChI is InChI=1S/C15H24N2O3S/c1-20-15-9-8-13(21(16,18)19)10-14(15)17-11-12-6-4-2-3-5-7-12/h8-10,12,17H,2-7,11H2,1H3,(H2,16,18,19). The first-order chi connectivity index (χ1) is 10.0. The first-order valence-electron chi connectivity index (χ1n) is 7.45. The Balaban J connectivity index is 2.10. The van der Waals surface area contributed by atoms with E-state index in [0.717, 1.165) is 6.54 Å². The lowest BCUT2D eigenvalue weighted by atomic mass is 10.0. The molecule has 1 aromatic carbocycles. The molecular weight excluding hydrogens is 288 g/mol. The van der Waals surface area contributed by atoms with Gasteiger partial charge >= 0.3 is 0 Å². The first kappa shape index (κ1) is 16.1. The third-order valence-electron chi connectivity index (χ3n) is 4.06. The summed E-state index contributed by atoms with van der Waals surface area (Å²) in [4.78, 5) is 0.103. The van der Waals surface area contributed by atoms with E-state index in [-0.39, 0.29) is 4.90 Å². The van der Waals surface area contributed by atoms with Crippen molar-refractivity contribution in [2.75, 3.05) is 19.0 Å². The van der Waals surface area contributed by atoms with E-state index in [4.69, 9.17) is 9.88 Å². The molecule has 0 aromatic heterocycles. The highest BCUT2D eigenvalue weighted by Gasteiger charge is 2.15. The smallest absolute Gasteiger partial charge is 0.238 e. The number of anilines is 1. The Morgan fingerprint density at radius 3 is 2.48 bits per heavy atom. The molecule has 0 aliphatic heterocycles. The molecule has 2 rings (SSSR count). The summed E-state index contributed by atoms with van der Waals surface area (Å²) in [5, 5.41) is 8.51. The van der Waals surface area contributed by atoms with Crippen LogP contribution < -0.4 is 15.2 Å². The van der Waals surface area contributed by atoms with Gasteiger partial charge in [0.15, 0.2) is 0 Å². The molecule has 1 aliphatic rings. The van der Waals surface area contributed by atoms with E-state index < -0.39 is 10.0 Å². The number of hydrogen-bond acceptors (Lipinski definition) is 4. The second-order valence-electron chi connectivity index (χ2n) is 5.65. The van der Waals surface area contributed by atoms with Crippen molar-refractivity contribution >= 4 is 15.7 Å². The zero-order chi connectivity index (χ0) is 15.3. The molecule has 21 heavy (non-hydrogen) atoms. The Morgan fingerprint density at radius 2 is 1.90 bits per heavy atom. The van der Waals surface area contributed by atoms with Crippen LogP contribution in [0.4, 0.5) is 5.69 Å². The maximum Gasteiger partial charge on any atom is 0.238 e. The highest BCUT2D eigenvalue weighted by molar-refractivity contribution is 7.89. The van der Waals surface area contributed by atoms with Gasteiger partial charge in [-0.25, -0.2) is 13.6 Å². The van der Waals surface area contributed by atoms with Crippen LogP contribution >= 0.6 is 0 Å². The number of hydrogen-bond donors (Lipinski definition) is 2. The summed E-state index contributed by atoms with van der Waals surface area (Å²) < 4.78 is 28.2. The van der Waals surface area contributed by atoms with Gasteiger partial charge in [-0.3, -0.25) is 0 Å². The predicted octanol–water partition coefficient (Wildman–Crippen LogP) is 2.72. The number of ether oxygens (including phenoxy) is 1. The molecule has 6 heteroatoms. The van der Waals surface area contributed by atoms with Crippen molar-refractivity contribution in [1.82, 2.24) is 0 Å². The van der Waals surface area contributed by atoms with Crippen LogP contribution in [0.25, 0.3) is 0 Å². The Bertz CT molecular complexity index is 564. The summed E-state index contributed by atoms with van der Waals surface area (Å²) in [6.45, 7) is 0.838. The van der Waals surface area contributed by atoms with Crippen molar-refractivity contribution in [3.05, 3.63) is 18.2 Å². The van der Waals surface area contributed by atoms with Crippen LogP contribution in [0, 0.1) is 5.92 Å². The van der Waals surface area contributed by atoms with Crippen molar-refractivity contribution in [2.45, 2.75) is 43.4 Å². The topological polar surface area (TPSA) is 81.4 Å². The lowest BCUT2D eigenvalue weighted by Gasteiger charge is -2.18. The van der Waals surface area contributed by atoms with Crippen molar-refractivity contribution in [2.24, 2.45) is 11.1 Å². The third-order valence-corrected chi connectivity index (χ3v) is 4.97. The Morgan fingerprint density at radius 1 is 1.24 bits per heavy atom. The van der Waals surface area contributed by atoms with Gasteiger partial charge in [0.1, 0.15) is 5.75 Å². The van der Waals surface area contributed by atoms with Gasteiger partial charge in [0.2, 0.25) is 10.0 Å². The van der Waals surface area contributed by atoms with Gasteiger partial charge in [0.05, 0.1) is 17.7 Å². The van der Waals surface area contributed by atoms with Crippen molar-refractivity contribution in [1.29, 1.82) is 0 Å². The summed E-state index contributed by atoms with van der Waals surface area (Å²) in [6.07, 6.45) is 7.65. The molecule has 0 bridgehead atoms. The summed E-state index contributed by atoms with van der Waals surface area (Å²) in [5.74, 6) is 1.27. The lowest BCUT2D eigenvalue weighted by Crippen LogP contribution is -2.16. The largest absolute Gasteiger partial charge is 0.495 e. The molecule has 3 N–H and O–H groups in total. The van der Waals surface area contributed by atoms with Gasteiger partial charge in [-0.1, -0.05) is 25.7 Å². The third kappa shape index (κ3) is 4.61. The van der Waals surface area contributed by atoms with Crippen LogP contribution in [0.15, 0.2) is 23.1 Å². The number of primary sulfonamides is 1. The molecule has 0 amide bonds. The fourth-order valence-electron chi connectivity index (χ4n) is 2.82. The van der Waals surface area contributed by atoms with Crippen LogP contribution in [0.1, 0.15) is 38.5 Å². The monoisotopic (exact) mass is 312 g/mol. The molecule has 0 saturated heterocycles. The van der Waals surface area contributed by atoms with Gasteiger partial charge < -0.3 is 10.1 Å². The molecule has 0 atom stereocenters. The van der Waals surface area contributed by atoms with E-state index in [2.05, 4.69) is 5.32 Å². The van der Waals surface area contributed by atoms with Gasteiger partial charge in [0, 0.05) is 6.54 Å². The number of sulfonamides is 1.